The second-order valence-corrected chi connectivity index (χ2v) is 4.19. The highest BCUT2D eigenvalue weighted by Gasteiger charge is 2.22. The van der Waals surface area contributed by atoms with Crippen LogP contribution in [-0.2, 0) is 4.74 Å². The smallest absolute Gasteiger partial charge is 0.409 e. The second kappa shape index (κ2) is 6.21. The monoisotopic (exact) mass is 265 g/mol. The number of ether oxygens (including phenoxy) is 1. The Balaban J connectivity index is 1.94. The highest BCUT2D eigenvalue weighted by molar-refractivity contribution is 5.68. The van der Waals surface area contributed by atoms with Crippen molar-refractivity contribution in [2.45, 2.75) is 6.92 Å². The van der Waals surface area contributed by atoms with Crippen LogP contribution in [0.5, 0.6) is 0 Å². The van der Waals surface area contributed by atoms with Crippen LogP contribution < -0.4 is 10.2 Å². The normalized spacial score (nSPS) is 15.3. The number of carbonyl (C=O) groups is 1. The van der Waals surface area contributed by atoms with Crippen LogP contribution in [0.1, 0.15) is 6.92 Å². The molecule has 0 aromatic carbocycles. The van der Waals surface area contributed by atoms with E-state index in [1.807, 2.05) is 14.0 Å². The van der Waals surface area contributed by atoms with Crippen molar-refractivity contribution in [1.82, 2.24) is 14.9 Å². The molecule has 7 heteroatoms. The number of hydrogen-bond acceptors (Lipinski definition) is 6. The number of hydrogen-bond donors (Lipinski definition) is 1. The Morgan fingerprint density at radius 2 is 2.11 bits per heavy atom. The van der Waals surface area contributed by atoms with E-state index in [4.69, 9.17) is 4.74 Å². The third kappa shape index (κ3) is 3.24. The molecule has 0 saturated carbocycles. The molecule has 19 heavy (non-hydrogen) atoms. The van der Waals surface area contributed by atoms with Crippen molar-refractivity contribution >= 4 is 17.7 Å². The first-order chi connectivity index (χ1) is 9.24. The van der Waals surface area contributed by atoms with Gasteiger partial charge in [-0.3, -0.25) is 4.98 Å². The lowest BCUT2D eigenvalue weighted by atomic mass is 10.3. The Hall–Kier alpha value is -2.05. The largest absolute Gasteiger partial charge is 0.450 e. The predicted molar refractivity (Wildman–Crippen MR) is 72.4 cm³/mol. The van der Waals surface area contributed by atoms with E-state index in [0.29, 0.717) is 19.7 Å². The topological polar surface area (TPSA) is 70.6 Å². The Labute approximate surface area is 112 Å². The average molecular weight is 265 g/mol. The fourth-order valence-electron chi connectivity index (χ4n) is 1.96. The molecule has 1 N–H and O–H groups in total. The average Bonchev–Trinajstić information content (AvgIpc) is 2.48. The van der Waals surface area contributed by atoms with Gasteiger partial charge in [0, 0.05) is 33.2 Å². The van der Waals surface area contributed by atoms with Crippen LogP contribution in [0.4, 0.5) is 16.4 Å². The number of nitrogens with one attached hydrogen (secondary N) is 1. The number of amides is 1. The summed E-state index contributed by atoms with van der Waals surface area (Å²) >= 11 is 0. The molecule has 1 aromatic heterocycles. The molecule has 1 aromatic rings. The lowest BCUT2D eigenvalue weighted by molar-refractivity contribution is 0.105. The Morgan fingerprint density at radius 1 is 1.37 bits per heavy atom. The maximum atomic E-state index is 11.6. The van der Waals surface area contributed by atoms with Crippen LogP contribution in [0.25, 0.3) is 0 Å². The highest BCUT2D eigenvalue weighted by Crippen LogP contribution is 2.14. The molecular weight excluding hydrogens is 246 g/mol. The van der Waals surface area contributed by atoms with Gasteiger partial charge in [0.25, 0.3) is 0 Å². The molecular formula is C12H19N5O2. The minimum atomic E-state index is -0.239. The Bertz CT molecular complexity index is 432. The summed E-state index contributed by atoms with van der Waals surface area (Å²) in [5, 5.41) is 2.97. The van der Waals surface area contributed by atoms with Crippen LogP contribution in [0, 0.1) is 0 Å². The van der Waals surface area contributed by atoms with Gasteiger partial charge in [-0.15, -0.1) is 0 Å². The van der Waals surface area contributed by atoms with Crippen LogP contribution in [0.15, 0.2) is 12.4 Å². The molecule has 1 saturated heterocycles. The summed E-state index contributed by atoms with van der Waals surface area (Å²) in [5.41, 5.74) is 0. The van der Waals surface area contributed by atoms with E-state index < -0.39 is 0 Å². The molecule has 1 fully saturated rings. The van der Waals surface area contributed by atoms with E-state index in [9.17, 15) is 4.79 Å². The first-order valence-electron chi connectivity index (χ1n) is 6.41. The van der Waals surface area contributed by atoms with Gasteiger partial charge in [0.2, 0.25) is 0 Å². The number of rotatable bonds is 3. The molecule has 1 aliphatic rings. The van der Waals surface area contributed by atoms with Gasteiger partial charge in [0.1, 0.15) is 11.6 Å². The molecule has 0 aliphatic carbocycles. The first kappa shape index (κ1) is 13.4. The molecule has 1 aliphatic heterocycles. The van der Waals surface area contributed by atoms with Gasteiger partial charge in [-0.2, -0.15) is 0 Å². The van der Waals surface area contributed by atoms with Crippen molar-refractivity contribution in [3.8, 4) is 0 Å². The number of carbonyl (C=O) groups excluding carboxylic acids is 1. The van der Waals surface area contributed by atoms with Gasteiger partial charge in [-0.1, -0.05) is 0 Å². The molecule has 0 atom stereocenters. The van der Waals surface area contributed by atoms with E-state index in [2.05, 4.69) is 20.2 Å². The molecule has 0 spiro atoms. The van der Waals surface area contributed by atoms with Crippen LogP contribution in [-0.4, -0.2) is 60.8 Å². The van der Waals surface area contributed by atoms with Gasteiger partial charge in [0.15, 0.2) is 0 Å². The summed E-state index contributed by atoms with van der Waals surface area (Å²) in [4.78, 5) is 24.0. The van der Waals surface area contributed by atoms with E-state index in [1.54, 1.807) is 17.3 Å². The van der Waals surface area contributed by atoms with E-state index in [1.165, 1.54) is 0 Å². The van der Waals surface area contributed by atoms with Crippen molar-refractivity contribution in [2.75, 3.05) is 50.1 Å². The van der Waals surface area contributed by atoms with E-state index in [0.717, 1.165) is 24.7 Å². The van der Waals surface area contributed by atoms with Gasteiger partial charge >= 0.3 is 6.09 Å². The summed E-state index contributed by atoms with van der Waals surface area (Å²) < 4.78 is 4.99. The number of nitrogens with zero attached hydrogens (tertiary/aromatic N) is 4. The standard InChI is InChI=1S/C12H19N5O2/c1-3-19-12(18)17-6-4-16(5-7-17)11-9-14-8-10(13-2)15-11/h8-9H,3-7H2,1-2H3,(H,13,15). The SMILES string of the molecule is CCOC(=O)N1CCN(c2cncc(NC)n2)CC1. The number of aromatic nitrogens is 2. The molecule has 104 valence electrons. The molecule has 0 bridgehead atoms. The minimum absolute atomic E-state index is 0.239. The third-order valence-electron chi connectivity index (χ3n) is 3.01. The third-order valence-corrected chi connectivity index (χ3v) is 3.01. The molecule has 7 nitrogen and oxygen atoms in total. The van der Waals surface area contributed by atoms with Gasteiger partial charge in [-0.05, 0) is 6.92 Å². The maximum Gasteiger partial charge on any atom is 0.409 e. The second-order valence-electron chi connectivity index (χ2n) is 4.19. The number of piperazine rings is 1. The van der Waals surface area contributed by atoms with Gasteiger partial charge in [-0.25, -0.2) is 9.78 Å². The summed E-state index contributed by atoms with van der Waals surface area (Å²) in [6, 6.07) is 0. The summed E-state index contributed by atoms with van der Waals surface area (Å²) in [6.45, 7) is 4.98. The van der Waals surface area contributed by atoms with Gasteiger partial charge < -0.3 is 19.9 Å². The highest BCUT2D eigenvalue weighted by atomic mass is 16.6. The zero-order chi connectivity index (χ0) is 13.7. The molecule has 0 unspecified atom stereocenters. The fourth-order valence-corrected chi connectivity index (χ4v) is 1.96. The first-order valence-corrected chi connectivity index (χ1v) is 6.41. The molecule has 2 rings (SSSR count). The van der Waals surface area contributed by atoms with E-state index >= 15 is 0 Å². The molecule has 0 radical (unpaired) electrons. The quantitative estimate of drug-likeness (QED) is 0.871. The van der Waals surface area contributed by atoms with Crippen molar-refractivity contribution in [2.24, 2.45) is 0 Å². The predicted octanol–water partition coefficient (Wildman–Crippen LogP) is 0.797. The lowest BCUT2D eigenvalue weighted by Crippen LogP contribution is -2.49. The summed E-state index contributed by atoms with van der Waals surface area (Å²) in [6.07, 6.45) is 3.18. The van der Waals surface area contributed by atoms with Crippen molar-refractivity contribution in [3.63, 3.8) is 0 Å². The molecule has 2 heterocycles. The zero-order valence-corrected chi connectivity index (χ0v) is 11.3. The van der Waals surface area contributed by atoms with Crippen molar-refractivity contribution < 1.29 is 9.53 Å². The lowest BCUT2D eigenvalue weighted by Gasteiger charge is -2.34. The van der Waals surface area contributed by atoms with Gasteiger partial charge in [0.05, 0.1) is 19.0 Å². The number of anilines is 2. The minimum Gasteiger partial charge on any atom is -0.450 e. The van der Waals surface area contributed by atoms with Crippen LogP contribution in [0.2, 0.25) is 0 Å². The maximum absolute atomic E-state index is 11.6. The Morgan fingerprint density at radius 3 is 2.74 bits per heavy atom. The Kier molecular flexibility index (Phi) is 4.38. The molecule has 1 amide bonds. The zero-order valence-electron chi connectivity index (χ0n) is 11.3. The van der Waals surface area contributed by atoms with Crippen LogP contribution in [0.3, 0.4) is 0 Å². The van der Waals surface area contributed by atoms with Crippen LogP contribution >= 0.6 is 0 Å². The van der Waals surface area contributed by atoms with Crippen molar-refractivity contribution in [1.29, 1.82) is 0 Å². The fraction of sp³-hybridized carbons (Fsp3) is 0.583. The summed E-state index contributed by atoms with van der Waals surface area (Å²) in [7, 11) is 1.81. The van der Waals surface area contributed by atoms with Crippen molar-refractivity contribution in [3.05, 3.63) is 12.4 Å². The summed E-state index contributed by atoms with van der Waals surface area (Å²) in [5.74, 6) is 1.57. The van der Waals surface area contributed by atoms with E-state index in [-0.39, 0.29) is 6.09 Å².